The Hall–Kier alpha value is -3.87. The first-order valence-electron chi connectivity index (χ1n) is 11.3. The maximum atomic E-state index is 13.0. The van der Waals surface area contributed by atoms with Gasteiger partial charge in [0.25, 0.3) is 5.91 Å². The predicted molar refractivity (Wildman–Crippen MR) is 125 cm³/mol. The highest BCUT2D eigenvalue weighted by Crippen LogP contribution is 2.45. The summed E-state index contributed by atoms with van der Waals surface area (Å²) in [6.45, 7) is 0. The van der Waals surface area contributed by atoms with Crippen molar-refractivity contribution >= 4 is 27.2 Å². The molecule has 2 saturated heterocycles. The number of aromatic nitrogens is 7. The number of hydrogen-bond donors (Lipinski definition) is 2. The van der Waals surface area contributed by atoms with E-state index in [1.165, 1.54) is 10.8 Å². The van der Waals surface area contributed by atoms with E-state index in [0.29, 0.717) is 29.7 Å². The van der Waals surface area contributed by atoms with Crippen LogP contribution in [-0.4, -0.2) is 72.3 Å². The first-order chi connectivity index (χ1) is 16.8. The number of fused-ring (bicyclic) bond motifs is 3. The second-order valence-corrected chi connectivity index (χ2v) is 11.1. The summed E-state index contributed by atoms with van der Waals surface area (Å²) in [5.41, 5.74) is 8.84. The number of aromatic amines is 1. The van der Waals surface area contributed by atoms with Crippen LogP contribution in [0.4, 0.5) is 5.82 Å². The normalized spacial score (nSPS) is 22.1. The van der Waals surface area contributed by atoms with E-state index in [1.54, 1.807) is 18.6 Å². The Bertz CT molecular complexity index is 1520. The minimum Gasteiger partial charge on any atom is -0.382 e. The van der Waals surface area contributed by atoms with Gasteiger partial charge in [0.2, 0.25) is 5.82 Å². The molecule has 180 valence electrons. The average Bonchev–Trinajstić information content (AvgIpc) is 3.57. The summed E-state index contributed by atoms with van der Waals surface area (Å²) in [4.78, 5) is 27.9. The molecule has 35 heavy (non-hydrogen) atoms. The van der Waals surface area contributed by atoms with E-state index in [1.807, 2.05) is 17.0 Å². The SMILES string of the molecule is CS(=O)(=O)c1c(C2C[C@H]3CC[C@@H](C2)N3C(=O)c2ncn[nH]2)nc2c(-c3cccnc3)cnn2c1N. The van der Waals surface area contributed by atoms with Crippen molar-refractivity contribution in [1.82, 2.24) is 39.7 Å². The number of pyridine rings is 1. The third-order valence-corrected chi connectivity index (χ3v) is 8.14. The molecule has 12 nitrogen and oxygen atoms in total. The van der Waals surface area contributed by atoms with E-state index in [2.05, 4.69) is 25.3 Å². The molecule has 2 aliphatic rings. The molecule has 4 aromatic heterocycles. The molecule has 2 aliphatic heterocycles. The van der Waals surface area contributed by atoms with Crippen molar-refractivity contribution in [3.05, 3.63) is 48.6 Å². The summed E-state index contributed by atoms with van der Waals surface area (Å²) < 4.78 is 27.2. The van der Waals surface area contributed by atoms with Crippen LogP contribution in [-0.2, 0) is 9.84 Å². The molecular weight excluding hydrogens is 470 g/mol. The van der Waals surface area contributed by atoms with Crippen molar-refractivity contribution in [1.29, 1.82) is 0 Å². The zero-order valence-corrected chi connectivity index (χ0v) is 19.7. The Morgan fingerprint density at radius 3 is 2.60 bits per heavy atom. The smallest absolute Gasteiger partial charge is 0.291 e. The quantitative estimate of drug-likeness (QED) is 0.428. The lowest BCUT2D eigenvalue weighted by atomic mass is 9.87. The van der Waals surface area contributed by atoms with E-state index < -0.39 is 9.84 Å². The Morgan fingerprint density at radius 2 is 1.97 bits per heavy atom. The van der Waals surface area contributed by atoms with E-state index in [-0.39, 0.29) is 40.4 Å². The van der Waals surface area contributed by atoms with Crippen molar-refractivity contribution in [2.45, 2.75) is 48.6 Å². The van der Waals surface area contributed by atoms with E-state index in [4.69, 9.17) is 10.7 Å². The monoisotopic (exact) mass is 493 g/mol. The van der Waals surface area contributed by atoms with Gasteiger partial charge in [0, 0.05) is 47.8 Å². The Labute approximate surface area is 200 Å². The van der Waals surface area contributed by atoms with Gasteiger partial charge in [-0.2, -0.15) is 14.7 Å². The number of anilines is 1. The molecule has 13 heteroatoms. The zero-order chi connectivity index (χ0) is 24.3. The lowest BCUT2D eigenvalue weighted by Crippen LogP contribution is -2.46. The van der Waals surface area contributed by atoms with Gasteiger partial charge in [-0.15, -0.1) is 0 Å². The fourth-order valence-corrected chi connectivity index (χ4v) is 6.62. The van der Waals surface area contributed by atoms with Gasteiger partial charge in [0.15, 0.2) is 15.5 Å². The van der Waals surface area contributed by atoms with Crippen molar-refractivity contribution in [3.63, 3.8) is 0 Å². The molecule has 0 saturated carbocycles. The highest BCUT2D eigenvalue weighted by atomic mass is 32.2. The van der Waals surface area contributed by atoms with Gasteiger partial charge < -0.3 is 10.6 Å². The minimum atomic E-state index is -3.70. The summed E-state index contributed by atoms with van der Waals surface area (Å²) >= 11 is 0. The second kappa shape index (κ2) is 7.83. The number of nitrogens with one attached hydrogen (secondary N) is 1. The van der Waals surface area contributed by atoms with Crippen LogP contribution in [0.3, 0.4) is 0 Å². The molecular formula is C22H23N9O3S. The Balaban J connectivity index is 1.45. The Morgan fingerprint density at radius 1 is 1.20 bits per heavy atom. The molecule has 0 aliphatic carbocycles. The lowest BCUT2D eigenvalue weighted by Gasteiger charge is -2.38. The Kier molecular flexibility index (Phi) is 4.85. The van der Waals surface area contributed by atoms with Gasteiger partial charge in [0.1, 0.15) is 17.0 Å². The number of H-pyrrole nitrogens is 1. The van der Waals surface area contributed by atoms with Gasteiger partial charge in [-0.25, -0.2) is 18.4 Å². The van der Waals surface area contributed by atoms with Crippen LogP contribution in [0.15, 0.2) is 41.9 Å². The number of carbonyl (C=O) groups is 1. The maximum Gasteiger partial charge on any atom is 0.291 e. The number of carbonyl (C=O) groups excluding carboxylic acids is 1. The fraction of sp³-hybridized carbons (Fsp3) is 0.364. The number of rotatable bonds is 4. The maximum absolute atomic E-state index is 13.0. The number of nitrogens with two attached hydrogens (primary N) is 1. The van der Waals surface area contributed by atoms with Crippen LogP contribution in [0.25, 0.3) is 16.8 Å². The standard InChI is InChI=1S/C22H23N9O3S/c1-35(33,34)18-17(28-21-16(10-27-31(21)19(18)23)12-3-2-6-24-9-12)13-7-14-4-5-15(8-13)30(14)22(32)20-25-11-26-29-20/h2-3,6,9-11,13-15H,4-5,7-8,23H2,1H3,(H,25,26,29)/t13?,14-,15+. The molecule has 3 atom stereocenters. The molecule has 1 unspecified atom stereocenters. The van der Waals surface area contributed by atoms with Gasteiger partial charge in [-0.05, 0) is 31.7 Å². The first-order valence-corrected chi connectivity index (χ1v) is 13.2. The fourth-order valence-electron chi connectivity index (χ4n) is 5.56. The number of hydrogen-bond acceptors (Lipinski definition) is 9. The van der Waals surface area contributed by atoms with Gasteiger partial charge in [-0.1, -0.05) is 6.07 Å². The molecule has 0 spiro atoms. The van der Waals surface area contributed by atoms with Gasteiger partial charge in [-0.3, -0.25) is 14.9 Å². The molecule has 6 rings (SSSR count). The molecule has 4 aromatic rings. The molecule has 0 aromatic carbocycles. The topological polar surface area (TPSA) is 165 Å². The third-order valence-electron chi connectivity index (χ3n) is 6.98. The van der Waals surface area contributed by atoms with Crippen molar-refractivity contribution in [2.75, 3.05) is 12.0 Å². The molecule has 0 radical (unpaired) electrons. The summed E-state index contributed by atoms with van der Waals surface area (Å²) in [6, 6.07) is 3.60. The number of nitrogens with zero attached hydrogens (tertiary/aromatic N) is 7. The molecule has 6 heterocycles. The van der Waals surface area contributed by atoms with Gasteiger partial charge >= 0.3 is 0 Å². The molecule has 2 bridgehead atoms. The number of nitrogen functional groups attached to an aromatic ring is 1. The van der Waals surface area contributed by atoms with E-state index in [0.717, 1.165) is 24.7 Å². The van der Waals surface area contributed by atoms with Crippen LogP contribution in [0.5, 0.6) is 0 Å². The van der Waals surface area contributed by atoms with Crippen LogP contribution in [0, 0.1) is 0 Å². The molecule has 2 fully saturated rings. The average molecular weight is 494 g/mol. The summed E-state index contributed by atoms with van der Waals surface area (Å²) in [6.07, 6.45) is 10.3. The largest absolute Gasteiger partial charge is 0.382 e. The molecule has 1 amide bonds. The van der Waals surface area contributed by atoms with E-state index in [9.17, 15) is 13.2 Å². The first kappa shape index (κ1) is 21.6. The van der Waals surface area contributed by atoms with Crippen molar-refractivity contribution in [3.8, 4) is 11.1 Å². The van der Waals surface area contributed by atoms with E-state index >= 15 is 0 Å². The second-order valence-electron chi connectivity index (χ2n) is 9.12. The summed E-state index contributed by atoms with van der Waals surface area (Å²) in [7, 11) is -3.70. The predicted octanol–water partition coefficient (Wildman–Crippen LogP) is 1.45. The van der Waals surface area contributed by atoms with Gasteiger partial charge in [0.05, 0.1) is 11.9 Å². The lowest BCUT2D eigenvalue weighted by molar-refractivity contribution is 0.0556. The van der Waals surface area contributed by atoms with Crippen molar-refractivity contribution < 1.29 is 13.2 Å². The number of sulfone groups is 1. The van der Waals surface area contributed by atoms with Crippen LogP contribution < -0.4 is 5.73 Å². The van der Waals surface area contributed by atoms with Crippen molar-refractivity contribution in [2.24, 2.45) is 0 Å². The third kappa shape index (κ3) is 3.45. The minimum absolute atomic E-state index is 0.00486. The summed E-state index contributed by atoms with van der Waals surface area (Å²) in [5.74, 6) is -0.120. The van der Waals surface area contributed by atoms with Crippen LogP contribution in [0.2, 0.25) is 0 Å². The summed E-state index contributed by atoms with van der Waals surface area (Å²) in [5, 5.41) is 10.8. The zero-order valence-electron chi connectivity index (χ0n) is 18.9. The van der Waals surface area contributed by atoms with Crippen LogP contribution in [0.1, 0.15) is 47.9 Å². The number of amides is 1. The highest BCUT2D eigenvalue weighted by Gasteiger charge is 2.46. The molecule has 3 N–H and O–H groups in total. The highest BCUT2D eigenvalue weighted by molar-refractivity contribution is 7.91. The van der Waals surface area contributed by atoms with Crippen LogP contribution >= 0.6 is 0 Å². The number of piperidine rings is 1.